The molecule has 1 atom stereocenters. The second kappa shape index (κ2) is 11.7. The van der Waals surface area contributed by atoms with Gasteiger partial charge in [-0.3, -0.25) is 14.2 Å². The van der Waals surface area contributed by atoms with Crippen LogP contribution in [0.2, 0.25) is 0 Å². The van der Waals surface area contributed by atoms with Gasteiger partial charge in [0.05, 0.1) is 21.8 Å². The minimum atomic E-state index is -4.88. The summed E-state index contributed by atoms with van der Waals surface area (Å²) in [7, 11) is -2.85. The van der Waals surface area contributed by atoms with Crippen LogP contribution in [0.4, 0.5) is 13.2 Å². The summed E-state index contributed by atoms with van der Waals surface area (Å²) in [5, 5.41) is 0.527. The van der Waals surface area contributed by atoms with E-state index in [4.69, 9.17) is 4.74 Å². The minimum absolute atomic E-state index is 0.0582. The smallest absolute Gasteiger partial charge is 0.431 e. The Hall–Kier alpha value is -3.98. The highest BCUT2D eigenvalue weighted by Gasteiger charge is 2.35. The van der Waals surface area contributed by atoms with Crippen LogP contribution in [0.3, 0.4) is 0 Å². The number of rotatable bonds is 9. The maximum Gasteiger partial charge on any atom is 0.431 e. The van der Waals surface area contributed by atoms with E-state index in [9.17, 15) is 36.0 Å². The van der Waals surface area contributed by atoms with Crippen LogP contribution in [-0.2, 0) is 28.0 Å². The number of halogens is 3. The number of fused-ring (bicyclic) bond motifs is 1. The average Bonchev–Trinajstić information content (AvgIpc) is 3.33. The number of carbonyl (C=O) groups excluding carboxylic acids is 1. The minimum Gasteiger partial charge on any atom is -0.481 e. The van der Waals surface area contributed by atoms with Gasteiger partial charge in [0.25, 0.3) is 11.5 Å². The third-order valence-corrected chi connectivity index (χ3v) is 8.66. The zero-order valence-corrected chi connectivity index (χ0v) is 24.6. The fraction of sp³-hybridized carbons (Fsp3) is 0.333. The molecule has 0 saturated heterocycles. The fourth-order valence-corrected chi connectivity index (χ4v) is 6.22. The van der Waals surface area contributed by atoms with E-state index in [1.807, 2.05) is 11.6 Å². The van der Waals surface area contributed by atoms with Gasteiger partial charge in [-0.1, -0.05) is 19.4 Å². The number of sulfonamides is 1. The molecule has 1 N–H and O–H groups in total. The Morgan fingerprint density at radius 1 is 1.14 bits per heavy atom. The van der Waals surface area contributed by atoms with Gasteiger partial charge in [-0.15, -0.1) is 0 Å². The summed E-state index contributed by atoms with van der Waals surface area (Å²) in [4.78, 5) is 37.9. The van der Waals surface area contributed by atoms with Crippen LogP contribution in [0.5, 0.6) is 5.75 Å². The first-order valence-electron chi connectivity index (χ1n) is 12.7. The number of hydrogen-bond donors (Lipinski definition) is 1. The molecule has 15 heteroatoms. The second-order valence-corrected chi connectivity index (χ2v) is 12.3. The van der Waals surface area contributed by atoms with E-state index < -0.39 is 45.2 Å². The first-order valence-corrected chi connectivity index (χ1v) is 15.2. The summed E-state index contributed by atoms with van der Waals surface area (Å²) in [6.07, 6.45) is -4.96. The lowest BCUT2D eigenvalue weighted by Crippen LogP contribution is -2.41. The van der Waals surface area contributed by atoms with E-state index in [-0.39, 0.29) is 17.2 Å². The molecule has 0 aliphatic heterocycles. The van der Waals surface area contributed by atoms with Crippen molar-refractivity contribution >= 4 is 37.5 Å². The summed E-state index contributed by atoms with van der Waals surface area (Å²) < 4.78 is 78.0. The Balaban J connectivity index is 1.70. The van der Waals surface area contributed by atoms with Crippen LogP contribution < -0.4 is 20.7 Å². The van der Waals surface area contributed by atoms with Crippen molar-refractivity contribution in [2.24, 2.45) is 7.05 Å². The molecule has 2 aromatic carbocycles. The molecule has 10 nitrogen and oxygen atoms in total. The van der Waals surface area contributed by atoms with Crippen LogP contribution in [-0.4, -0.2) is 39.7 Å². The quantitative estimate of drug-likeness (QED) is 0.296. The summed E-state index contributed by atoms with van der Waals surface area (Å²) in [5.74, 6) is -0.741. The molecule has 0 spiro atoms. The molecule has 224 valence electrons. The Morgan fingerprint density at radius 2 is 1.86 bits per heavy atom. The number of benzene rings is 2. The van der Waals surface area contributed by atoms with Gasteiger partial charge in [0, 0.05) is 24.1 Å². The van der Waals surface area contributed by atoms with E-state index in [0.717, 1.165) is 24.1 Å². The van der Waals surface area contributed by atoms with Crippen molar-refractivity contribution in [2.75, 3.05) is 5.75 Å². The van der Waals surface area contributed by atoms with Gasteiger partial charge in [-0.2, -0.15) is 17.5 Å². The van der Waals surface area contributed by atoms with Crippen LogP contribution in [0, 0.1) is 6.92 Å². The number of nitrogens with zero attached hydrogens (tertiary/aromatic N) is 3. The first kappa shape index (κ1) is 31.0. The van der Waals surface area contributed by atoms with Crippen LogP contribution in [0.1, 0.15) is 37.9 Å². The van der Waals surface area contributed by atoms with E-state index in [2.05, 4.69) is 4.37 Å². The Labute approximate surface area is 242 Å². The number of aryl methyl sites for hydroxylation is 1. The zero-order valence-electron chi connectivity index (χ0n) is 23.0. The van der Waals surface area contributed by atoms with E-state index in [0.29, 0.717) is 49.4 Å². The molecular weight excluding hydrogens is 597 g/mol. The lowest BCUT2D eigenvalue weighted by Gasteiger charge is -2.16. The van der Waals surface area contributed by atoms with Gasteiger partial charge in [0.2, 0.25) is 10.0 Å². The number of amides is 1. The van der Waals surface area contributed by atoms with Gasteiger partial charge in [-0.25, -0.2) is 22.5 Å². The highest BCUT2D eigenvalue weighted by atomic mass is 32.2. The van der Waals surface area contributed by atoms with Crippen molar-refractivity contribution in [1.82, 2.24) is 18.2 Å². The van der Waals surface area contributed by atoms with Gasteiger partial charge < -0.3 is 4.74 Å². The molecule has 0 aliphatic rings. The van der Waals surface area contributed by atoms with E-state index >= 15 is 0 Å². The number of ether oxygens (including phenoxy) is 1. The maximum atomic E-state index is 13.3. The Kier molecular flexibility index (Phi) is 8.64. The predicted molar refractivity (Wildman–Crippen MR) is 153 cm³/mol. The Morgan fingerprint density at radius 3 is 2.52 bits per heavy atom. The molecule has 0 radical (unpaired) electrons. The van der Waals surface area contributed by atoms with Crippen molar-refractivity contribution in [2.45, 2.75) is 45.9 Å². The highest BCUT2D eigenvalue weighted by Crippen LogP contribution is 2.36. The molecule has 1 unspecified atom stereocenters. The third-order valence-electron chi connectivity index (χ3n) is 6.49. The SMILES string of the molecule is CCCCS(=O)(=O)NC(=O)C(C)Oc1ccc(C)c(-c2nsc3ccc(-n4c(=O)cc(C(F)(F)F)n(C)c4=O)cc23)c1. The molecule has 4 rings (SSSR count). The van der Waals surface area contributed by atoms with E-state index in [1.165, 1.54) is 19.1 Å². The van der Waals surface area contributed by atoms with Crippen molar-refractivity contribution < 1.29 is 31.1 Å². The molecule has 0 bridgehead atoms. The van der Waals surface area contributed by atoms with Crippen molar-refractivity contribution in [1.29, 1.82) is 0 Å². The van der Waals surface area contributed by atoms with Crippen LogP contribution in [0.15, 0.2) is 52.1 Å². The highest BCUT2D eigenvalue weighted by molar-refractivity contribution is 7.90. The summed E-state index contributed by atoms with van der Waals surface area (Å²) in [5.41, 5.74) is -1.78. The summed E-state index contributed by atoms with van der Waals surface area (Å²) in [6.45, 7) is 5.05. The largest absolute Gasteiger partial charge is 0.481 e. The molecule has 2 heterocycles. The zero-order chi connectivity index (χ0) is 31.0. The number of hydrogen-bond acceptors (Lipinski definition) is 8. The monoisotopic (exact) mass is 624 g/mol. The normalized spacial score (nSPS) is 12.8. The van der Waals surface area contributed by atoms with Crippen molar-refractivity contribution in [3.63, 3.8) is 0 Å². The third kappa shape index (κ3) is 6.41. The van der Waals surface area contributed by atoms with Gasteiger partial charge in [0.1, 0.15) is 11.4 Å². The van der Waals surface area contributed by atoms with Crippen LogP contribution >= 0.6 is 11.5 Å². The van der Waals surface area contributed by atoms with Gasteiger partial charge >= 0.3 is 11.9 Å². The number of unbranched alkanes of at least 4 members (excludes halogenated alkanes) is 1. The number of alkyl halides is 3. The fourth-order valence-electron chi connectivity index (χ4n) is 4.20. The van der Waals surface area contributed by atoms with E-state index in [1.54, 1.807) is 31.2 Å². The predicted octanol–water partition coefficient (Wildman–Crippen LogP) is 4.15. The summed E-state index contributed by atoms with van der Waals surface area (Å²) >= 11 is 1.14. The molecule has 4 aromatic rings. The molecular formula is C27H27F3N4O6S2. The topological polar surface area (TPSA) is 129 Å². The van der Waals surface area contributed by atoms with Gasteiger partial charge in [-0.05, 0) is 67.7 Å². The molecule has 1 amide bonds. The summed E-state index contributed by atoms with van der Waals surface area (Å²) in [6, 6.07) is 9.87. The Bertz CT molecular complexity index is 1890. The number of nitrogens with one attached hydrogen (secondary N) is 1. The number of aromatic nitrogens is 3. The standard InChI is InChI=1S/C27H27F3N4O6S2/c1-5-6-11-42(38,39)32-25(36)16(3)40-18-9-7-15(2)19(13-18)24-20-12-17(8-10-21(20)41-31-24)34-23(35)14-22(27(28,29)30)33(4)26(34)37/h7-10,12-14,16H,5-6,11H2,1-4H3,(H,32,36). The molecule has 42 heavy (non-hydrogen) atoms. The molecule has 0 aliphatic carbocycles. The van der Waals surface area contributed by atoms with Crippen molar-refractivity contribution in [3.05, 3.63) is 74.6 Å². The molecule has 0 saturated carbocycles. The lowest BCUT2D eigenvalue weighted by atomic mass is 10.0. The lowest BCUT2D eigenvalue weighted by molar-refractivity contribution is -0.144. The van der Waals surface area contributed by atoms with Gasteiger partial charge in [0.15, 0.2) is 6.10 Å². The number of carbonyl (C=O) groups is 1. The van der Waals surface area contributed by atoms with Crippen LogP contribution in [0.25, 0.3) is 27.0 Å². The molecule has 2 aromatic heterocycles. The van der Waals surface area contributed by atoms with Crippen molar-refractivity contribution in [3.8, 4) is 22.7 Å². The average molecular weight is 625 g/mol. The molecule has 0 fully saturated rings. The first-order chi connectivity index (χ1) is 19.6. The maximum absolute atomic E-state index is 13.3. The second-order valence-electron chi connectivity index (χ2n) is 9.63.